The number of nitrogens with one attached hydrogen (secondary N) is 1. The maximum Gasteiger partial charge on any atom is 0.248 e. The van der Waals surface area contributed by atoms with Crippen molar-refractivity contribution >= 4 is 23.4 Å². The van der Waals surface area contributed by atoms with Crippen LogP contribution in [0.3, 0.4) is 0 Å². The predicted molar refractivity (Wildman–Crippen MR) is 122 cm³/mol. The fourth-order valence-corrected chi connectivity index (χ4v) is 3.61. The number of carbonyl (C=O) groups is 1. The molecule has 2 aliphatic heterocycles. The number of fused-ring (bicyclic) bond motifs is 1. The summed E-state index contributed by atoms with van der Waals surface area (Å²) in [6.45, 7) is 7.94. The standard InChI is InChI=1S/C24H28N2O6/c1-3-29-21-15-19(26-9-11-28-12-10-26)22(30-4-2)14-18(21)25-24(27)8-6-17-5-7-20-23(13-17)32-16-31-20/h5-8,13-15H,3-4,9-12,16H2,1-2H3,(H,25,27)/b8-6+. The molecule has 2 aromatic rings. The van der Waals surface area contributed by atoms with Crippen molar-refractivity contribution in [2.24, 2.45) is 0 Å². The molecule has 2 aliphatic rings. The van der Waals surface area contributed by atoms with E-state index in [0.717, 1.165) is 24.3 Å². The molecule has 8 heteroatoms. The van der Waals surface area contributed by atoms with E-state index in [2.05, 4.69) is 10.2 Å². The highest BCUT2D eigenvalue weighted by molar-refractivity contribution is 6.03. The molecular weight excluding hydrogens is 412 g/mol. The molecule has 2 aromatic carbocycles. The first-order valence-corrected chi connectivity index (χ1v) is 10.8. The Balaban J connectivity index is 1.54. The Hall–Kier alpha value is -3.39. The van der Waals surface area contributed by atoms with E-state index in [-0.39, 0.29) is 12.7 Å². The molecule has 1 saturated heterocycles. The summed E-state index contributed by atoms with van der Waals surface area (Å²) in [5.41, 5.74) is 2.34. The number of amides is 1. The van der Waals surface area contributed by atoms with Crippen LogP contribution < -0.4 is 29.2 Å². The molecular formula is C24H28N2O6. The normalized spacial score (nSPS) is 15.1. The third-order valence-electron chi connectivity index (χ3n) is 5.09. The molecule has 0 bridgehead atoms. The highest BCUT2D eigenvalue weighted by Gasteiger charge is 2.20. The molecule has 1 N–H and O–H groups in total. The minimum absolute atomic E-state index is 0.214. The lowest BCUT2D eigenvalue weighted by Crippen LogP contribution is -2.36. The highest BCUT2D eigenvalue weighted by Crippen LogP contribution is 2.39. The van der Waals surface area contributed by atoms with Crippen LogP contribution >= 0.6 is 0 Å². The number of carbonyl (C=O) groups excluding carboxylic acids is 1. The van der Waals surface area contributed by atoms with E-state index in [9.17, 15) is 4.79 Å². The van der Waals surface area contributed by atoms with E-state index < -0.39 is 0 Å². The first-order chi connectivity index (χ1) is 15.7. The van der Waals surface area contributed by atoms with Gasteiger partial charge in [-0.3, -0.25) is 4.79 Å². The summed E-state index contributed by atoms with van der Waals surface area (Å²) in [4.78, 5) is 14.9. The van der Waals surface area contributed by atoms with E-state index in [1.165, 1.54) is 6.08 Å². The number of benzene rings is 2. The molecule has 1 amide bonds. The van der Waals surface area contributed by atoms with Crippen molar-refractivity contribution in [1.82, 2.24) is 0 Å². The number of morpholine rings is 1. The maximum atomic E-state index is 12.7. The molecule has 0 atom stereocenters. The molecule has 4 rings (SSSR count). The van der Waals surface area contributed by atoms with Crippen molar-refractivity contribution < 1.29 is 28.5 Å². The summed E-state index contributed by atoms with van der Waals surface area (Å²) >= 11 is 0. The monoisotopic (exact) mass is 440 g/mol. The second-order valence-corrected chi connectivity index (χ2v) is 7.22. The lowest BCUT2D eigenvalue weighted by atomic mass is 10.2. The SMILES string of the molecule is CCOc1cc(N2CCOCC2)c(OCC)cc1NC(=O)/C=C/c1ccc2c(c1)OCO2. The average Bonchev–Trinajstić information content (AvgIpc) is 3.28. The molecule has 0 aliphatic carbocycles. The van der Waals surface area contributed by atoms with E-state index >= 15 is 0 Å². The Morgan fingerprint density at radius 1 is 1.03 bits per heavy atom. The summed E-state index contributed by atoms with van der Waals surface area (Å²) in [6.07, 6.45) is 3.20. The predicted octanol–water partition coefficient (Wildman–Crippen LogP) is 3.70. The zero-order valence-corrected chi connectivity index (χ0v) is 18.4. The molecule has 2 heterocycles. The molecule has 170 valence electrons. The quantitative estimate of drug-likeness (QED) is 0.627. The van der Waals surface area contributed by atoms with Crippen molar-refractivity contribution in [3.05, 3.63) is 42.0 Å². The van der Waals surface area contributed by atoms with Gasteiger partial charge in [0.2, 0.25) is 12.7 Å². The first-order valence-electron chi connectivity index (χ1n) is 10.8. The van der Waals surface area contributed by atoms with Crippen LogP contribution in [0.25, 0.3) is 6.08 Å². The maximum absolute atomic E-state index is 12.7. The van der Waals surface area contributed by atoms with Gasteiger partial charge >= 0.3 is 0 Å². The molecule has 8 nitrogen and oxygen atoms in total. The molecule has 0 unspecified atom stereocenters. The largest absolute Gasteiger partial charge is 0.492 e. The Bertz CT molecular complexity index is 985. The van der Waals surface area contributed by atoms with Gasteiger partial charge in [0.1, 0.15) is 11.5 Å². The van der Waals surface area contributed by atoms with Crippen LogP contribution in [0.15, 0.2) is 36.4 Å². The molecule has 0 spiro atoms. The van der Waals surface area contributed by atoms with Gasteiger partial charge in [-0.2, -0.15) is 0 Å². The van der Waals surface area contributed by atoms with Crippen LogP contribution in [-0.2, 0) is 9.53 Å². The number of hydrogen-bond donors (Lipinski definition) is 1. The van der Waals surface area contributed by atoms with Gasteiger partial charge in [0.15, 0.2) is 11.5 Å². The molecule has 0 aromatic heterocycles. The first kappa shape index (κ1) is 21.8. The molecule has 0 radical (unpaired) electrons. The van der Waals surface area contributed by atoms with Gasteiger partial charge in [-0.1, -0.05) is 6.07 Å². The van der Waals surface area contributed by atoms with Gasteiger partial charge < -0.3 is 33.9 Å². The van der Waals surface area contributed by atoms with Crippen molar-refractivity contribution in [3.8, 4) is 23.0 Å². The van der Waals surface area contributed by atoms with Crippen molar-refractivity contribution in [2.45, 2.75) is 13.8 Å². The summed E-state index contributed by atoms with van der Waals surface area (Å²) in [6, 6.07) is 9.28. The van der Waals surface area contributed by atoms with Gasteiger partial charge in [0, 0.05) is 31.3 Å². The van der Waals surface area contributed by atoms with Crippen molar-refractivity contribution in [2.75, 3.05) is 56.5 Å². The van der Waals surface area contributed by atoms with Gasteiger partial charge in [0.25, 0.3) is 0 Å². The number of hydrogen-bond acceptors (Lipinski definition) is 7. The summed E-state index contributed by atoms with van der Waals surface area (Å²) in [7, 11) is 0. The fourth-order valence-electron chi connectivity index (χ4n) is 3.61. The summed E-state index contributed by atoms with van der Waals surface area (Å²) < 4.78 is 27.9. The van der Waals surface area contributed by atoms with Gasteiger partial charge in [-0.25, -0.2) is 0 Å². The zero-order chi connectivity index (χ0) is 22.3. The minimum Gasteiger partial charge on any atom is -0.492 e. The number of ether oxygens (including phenoxy) is 5. The lowest BCUT2D eigenvalue weighted by Gasteiger charge is -2.31. The van der Waals surface area contributed by atoms with Crippen molar-refractivity contribution in [3.63, 3.8) is 0 Å². The topological polar surface area (TPSA) is 78.5 Å². The van der Waals surface area contributed by atoms with Gasteiger partial charge in [0.05, 0.1) is 37.8 Å². The van der Waals surface area contributed by atoms with E-state index in [0.29, 0.717) is 55.1 Å². The zero-order valence-electron chi connectivity index (χ0n) is 18.4. The molecule has 1 fully saturated rings. The Morgan fingerprint density at radius 2 is 1.78 bits per heavy atom. The second-order valence-electron chi connectivity index (χ2n) is 7.22. The van der Waals surface area contributed by atoms with Crippen LogP contribution in [0.2, 0.25) is 0 Å². The van der Waals surface area contributed by atoms with Gasteiger partial charge in [-0.05, 0) is 37.6 Å². The molecule has 0 saturated carbocycles. The fraction of sp³-hybridized carbons (Fsp3) is 0.375. The Kier molecular flexibility index (Phi) is 7.01. The summed E-state index contributed by atoms with van der Waals surface area (Å²) in [5.74, 6) is 2.41. The van der Waals surface area contributed by atoms with Crippen LogP contribution in [0.1, 0.15) is 19.4 Å². The highest BCUT2D eigenvalue weighted by atomic mass is 16.7. The van der Waals surface area contributed by atoms with E-state index in [4.69, 9.17) is 23.7 Å². The van der Waals surface area contributed by atoms with E-state index in [1.807, 2.05) is 44.2 Å². The smallest absolute Gasteiger partial charge is 0.248 e. The van der Waals surface area contributed by atoms with Crippen molar-refractivity contribution in [1.29, 1.82) is 0 Å². The van der Waals surface area contributed by atoms with Crippen LogP contribution in [-0.4, -0.2) is 52.2 Å². The second kappa shape index (κ2) is 10.3. The lowest BCUT2D eigenvalue weighted by molar-refractivity contribution is -0.111. The number of rotatable bonds is 8. The van der Waals surface area contributed by atoms with Crippen LogP contribution in [0.4, 0.5) is 11.4 Å². The van der Waals surface area contributed by atoms with E-state index in [1.54, 1.807) is 6.08 Å². The van der Waals surface area contributed by atoms with Crippen LogP contribution in [0.5, 0.6) is 23.0 Å². The van der Waals surface area contributed by atoms with Gasteiger partial charge in [-0.15, -0.1) is 0 Å². The number of anilines is 2. The Morgan fingerprint density at radius 3 is 2.56 bits per heavy atom. The minimum atomic E-state index is -0.273. The number of nitrogens with zero attached hydrogens (tertiary/aromatic N) is 1. The average molecular weight is 440 g/mol. The van der Waals surface area contributed by atoms with Crippen LogP contribution in [0, 0.1) is 0 Å². The third kappa shape index (κ3) is 5.08. The Labute approximate surface area is 187 Å². The third-order valence-corrected chi connectivity index (χ3v) is 5.09. The molecule has 32 heavy (non-hydrogen) atoms. The summed E-state index contributed by atoms with van der Waals surface area (Å²) in [5, 5.41) is 2.92.